The van der Waals surface area contributed by atoms with Crippen LogP contribution in [0.15, 0.2) is 121 Å². The predicted octanol–water partition coefficient (Wildman–Crippen LogP) is 12.0. The van der Waals surface area contributed by atoms with Crippen LogP contribution in [0.5, 0.6) is 0 Å². The molecule has 0 saturated heterocycles. The van der Waals surface area contributed by atoms with Crippen molar-refractivity contribution < 1.29 is 14.2 Å². The number of Topliss-reactive ketones (excluding diaryl/α,β-unsaturated/α-hetero) is 1. The minimum Gasteiger partial charge on any atom is -0.352 e. The van der Waals surface area contributed by atoms with E-state index in [0.29, 0.717) is 30.7 Å². The number of aromatic nitrogens is 1. The molecule has 5 aromatic rings. The summed E-state index contributed by atoms with van der Waals surface area (Å²) in [7, 11) is 0. The van der Waals surface area contributed by atoms with E-state index in [2.05, 4.69) is 165 Å². The Bertz CT molecular complexity index is 2550. The van der Waals surface area contributed by atoms with E-state index in [1.165, 1.54) is 55.5 Å². The van der Waals surface area contributed by atoms with Crippen LogP contribution >= 0.6 is 25.3 Å². The van der Waals surface area contributed by atoms with Crippen LogP contribution in [0, 0.1) is 0 Å². The average Bonchev–Trinajstić information content (AvgIpc) is 3.63. The number of nitrogens with one attached hydrogen (secondary N) is 1. The van der Waals surface area contributed by atoms with Gasteiger partial charge in [0.25, 0.3) is 5.91 Å². The van der Waals surface area contributed by atoms with Gasteiger partial charge >= 0.3 is 0 Å². The van der Waals surface area contributed by atoms with Gasteiger partial charge < -0.3 is 10.2 Å². The molecule has 0 unspecified atom stereocenters. The van der Waals surface area contributed by atoms with Gasteiger partial charge in [0.1, 0.15) is 12.3 Å². The number of allylic oxidation sites excluding steroid dienone is 6. The molecule has 0 spiro atoms. The second-order valence-corrected chi connectivity index (χ2v) is 18.2. The Hall–Kier alpha value is -4.92. The van der Waals surface area contributed by atoms with Gasteiger partial charge in [0, 0.05) is 78.6 Å². The number of hydrogen-bond donors (Lipinski definition) is 3. The zero-order valence-corrected chi connectivity index (χ0v) is 38.3. The fourth-order valence-corrected chi connectivity index (χ4v) is 9.66. The van der Waals surface area contributed by atoms with Crippen LogP contribution in [-0.2, 0) is 15.6 Å². The molecule has 0 bridgehead atoms. The van der Waals surface area contributed by atoms with Crippen molar-refractivity contribution in [2.24, 2.45) is 0 Å². The number of amides is 1. The summed E-state index contributed by atoms with van der Waals surface area (Å²) in [6.45, 7) is 13.5. The summed E-state index contributed by atoms with van der Waals surface area (Å²) in [6.07, 6.45) is 16.4. The first kappa shape index (κ1) is 44.1. The number of carbonyl (C=O) groups excluding carboxylic acids is 2. The molecule has 1 N–H and O–H groups in total. The molecular formula is C53H61N4O2S2+. The summed E-state index contributed by atoms with van der Waals surface area (Å²) in [5.74, 6) is 1.76. The first-order valence-corrected chi connectivity index (χ1v) is 23.3. The largest absolute Gasteiger partial charge is 0.352 e. The number of thiol groups is 2. The maximum absolute atomic E-state index is 13.2. The Morgan fingerprint density at radius 3 is 2.18 bits per heavy atom. The van der Waals surface area contributed by atoms with Crippen LogP contribution in [0.1, 0.15) is 107 Å². The van der Waals surface area contributed by atoms with E-state index in [4.69, 9.17) is 4.98 Å². The SMILES string of the molecule is CCC(=O)CCCCCNC(=O)c1ccc(C(=C\C=C2\N(CCCS)c3ccc4ccccc4c3C2(C)C)/C=C/C2=[N+](CCCS)c3ccc4ccccc4c3C2(C)C)nc1. The molecule has 8 heteroatoms. The molecule has 2 aliphatic rings. The highest BCUT2D eigenvalue weighted by Gasteiger charge is 2.45. The second-order valence-electron chi connectivity index (χ2n) is 17.4. The van der Waals surface area contributed by atoms with Gasteiger partial charge in [-0.2, -0.15) is 29.8 Å². The van der Waals surface area contributed by atoms with Crippen LogP contribution in [0.3, 0.4) is 0 Å². The molecule has 0 saturated carbocycles. The van der Waals surface area contributed by atoms with Crippen molar-refractivity contribution in [1.29, 1.82) is 0 Å². The topological polar surface area (TPSA) is 65.3 Å². The van der Waals surface area contributed by atoms with Crippen LogP contribution in [0.25, 0.3) is 27.1 Å². The zero-order chi connectivity index (χ0) is 43.1. The molecule has 316 valence electrons. The number of hydrogen-bond acceptors (Lipinski definition) is 6. The van der Waals surface area contributed by atoms with E-state index < -0.39 is 0 Å². The van der Waals surface area contributed by atoms with E-state index >= 15 is 0 Å². The fourth-order valence-electron chi connectivity index (χ4n) is 9.38. The number of unbranched alkanes of at least 4 members (excludes halogenated alkanes) is 2. The smallest absolute Gasteiger partial charge is 0.252 e. The third-order valence-electron chi connectivity index (χ3n) is 12.6. The minimum absolute atomic E-state index is 0.141. The van der Waals surface area contributed by atoms with Crippen LogP contribution in [-0.4, -0.2) is 58.1 Å². The number of nitrogens with zero attached hydrogens (tertiary/aromatic N) is 3. The molecule has 3 heterocycles. The van der Waals surface area contributed by atoms with E-state index in [-0.39, 0.29) is 16.7 Å². The van der Waals surface area contributed by atoms with Crippen molar-refractivity contribution >= 4 is 81.2 Å². The van der Waals surface area contributed by atoms with Crippen LogP contribution in [0.4, 0.5) is 11.4 Å². The normalized spacial score (nSPS) is 16.3. The van der Waals surface area contributed by atoms with E-state index in [1.54, 1.807) is 6.20 Å². The summed E-state index contributed by atoms with van der Waals surface area (Å²) in [6, 6.07) is 30.3. The van der Waals surface area contributed by atoms with Crippen molar-refractivity contribution in [1.82, 2.24) is 10.3 Å². The molecule has 0 radical (unpaired) electrons. The molecular weight excluding hydrogens is 789 g/mol. The molecule has 4 aromatic carbocycles. The number of benzene rings is 4. The molecule has 0 atom stereocenters. The molecule has 6 nitrogen and oxygen atoms in total. The Labute approximate surface area is 373 Å². The van der Waals surface area contributed by atoms with Crippen molar-refractivity contribution in [2.45, 2.75) is 90.4 Å². The number of rotatable bonds is 18. The molecule has 1 aromatic heterocycles. The van der Waals surface area contributed by atoms with Gasteiger partial charge in [0.2, 0.25) is 5.69 Å². The maximum atomic E-state index is 13.2. The summed E-state index contributed by atoms with van der Waals surface area (Å²) in [4.78, 5) is 32.3. The number of fused-ring (bicyclic) bond motifs is 6. The van der Waals surface area contributed by atoms with Crippen molar-refractivity contribution in [3.8, 4) is 0 Å². The summed E-state index contributed by atoms with van der Waals surface area (Å²) >= 11 is 9.24. The Morgan fingerprint density at radius 2 is 1.49 bits per heavy atom. The van der Waals surface area contributed by atoms with Gasteiger partial charge in [-0.15, -0.1) is 0 Å². The van der Waals surface area contributed by atoms with Gasteiger partial charge in [0.05, 0.1) is 16.7 Å². The molecule has 1 amide bonds. The Balaban J connectivity index is 1.28. The molecule has 0 fully saturated rings. The standard InChI is InChI=1S/C53H60N4O2S2/c1-6-41(58)18-8-7-13-31-54-51(59)40-21-26-44(55-36-40)39(24-29-47-52(2,3)49-42-19-11-9-16-37(42)22-27-45(49)56(47)32-14-34-60)25-30-48-53(4,5)50-43-20-12-10-17-38(43)23-28-46(50)57(48)33-15-35-61/h9-12,16-17,19-30,36H,6-8,13-15,18,31-35H2,1-5H3,(H2-,54,59,60,61)/p+1. The van der Waals surface area contributed by atoms with Crippen molar-refractivity contribution in [3.05, 3.63) is 144 Å². The van der Waals surface area contributed by atoms with Gasteiger partial charge in [0.15, 0.2) is 5.71 Å². The monoisotopic (exact) mass is 849 g/mol. The fraction of sp³-hybridized carbons (Fsp3) is 0.358. The second kappa shape index (κ2) is 19.4. The highest BCUT2D eigenvalue weighted by Crippen LogP contribution is 2.51. The molecule has 2 aliphatic heterocycles. The molecule has 7 rings (SSSR count). The third-order valence-corrected chi connectivity index (χ3v) is 13.2. The quantitative estimate of drug-likeness (QED) is 0.0356. The average molecular weight is 850 g/mol. The van der Waals surface area contributed by atoms with Gasteiger partial charge in [-0.25, -0.2) is 0 Å². The summed E-state index contributed by atoms with van der Waals surface area (Å²) in [5.41, 5.74) is 9.36. The predicted molar refractivity (Wildman–Crippen MR) is 264 cm³/mol. The number of anilines is 1. The lowest BCUT2D eigenvalue weighted by Crippen LogP contribution is -2.28. The lowest BCUT2D eigenvalue weighted by molar-refractivity contribution is -0.437. The van der Waals surface area contributed by atoms with Crippen molar-refractivity contribution in [2.75, 3.05) is 36.0 Å². The molecule has 0 aliphatic carbocycles. The highest BCUT2D eigenvalue weighted by atomic mass is 32.1. The van der Waals surface area contributed by atoms with Crippen LogP contribution < -0.4 is 10.2 Å². The van der Waals surface area contributed by atoms with Gasteiger partial charge in [-0.1, -0.05) is 87.9 Å². The highest BCUT2D eigenvalue weighted by molar-refractivity contribution is 7.80. The maximum Gasteiger partial charge on any atom is 0.252 e. The molecule has 61 heavy (non-hydrogen) atoms. The first-order chi connectivity index (χ1) is 29.5. The van der Waals surface area contributed by atoms with E-state index in [9.17, 15) is 9.59 Å². The number of ketones is 1. The van der Waals surface area contributed by atoms with E-state index in [1.807, 2.05) is 19.1 Å². The number of carbonyl (C=O) groups is 2. The Kier molecular flexibility index (Phi) is 14.1. The third kappa shape index (κ3) is 9.17. The van der Waals surface area contributed by atoms with E-state index in [0.717, 1.165) is 68.0 Å². The lowest BCUT2D eigenvalue weighted by Gasteiger charge is -2.27. The lowest BCUT2D eigenvalue weighted by atomic mass is 9.79. The number of pyridine rings is 1. The van der Waals surface area contributed by atoms with Crippen LogP contribution in [0.2, 0.25) is 0 Å². The Morgan fingerprint density at radius 1 is 0.787 bits per heavy atom. The van der Waals surface area contributed by atoms with Crippen molar-refractivity contribution in [3.63, 3.8) is 0 Å². The first-order valence-electron chi connectivity index (χ1n) is 22.1. The zero-order valence-electron chi connectivity index (χ0n) is 36.5. The summed E-state index contributed by atoms with van der Waals surface area (Å²) in [5, 5.41) is 8.10. The van der Waals surface area contributed by atoms with Gasteiger partial charge in [-0.05, 0) is 108 Å². The summed E-state index contributed by atoms with van der Waals surface area (Å²) < 4.78 is 2.48. The minimum atomic E-state index is -0.270. The van der Waals surface area contributed by atoms with Gasteiger partial charge in [-0.3, -0.25) is 14.6 Å².